The molecule has 42 heteroatoms. The lowest BCUT2D eigenvalue weighted by atomic mass is 9.85. The van der Waals surface area contributed by atoms with Crippen LogP contribution in [0.5, 0.6) is 0 Å². The third-order valence-electron chi connectivity index (χ3n) is 4.03. The molecule has 6 unspecified atom stereocenters. The summed E-state index contributed by atoms with van der Waals surface area (Å²) in [6, 6.07) is 0. The van der Waals surface area contributed by atoms with Crippen LogP contribution in [0.3, 0.4) is 0 Å². The third-order valence-corrected chi connectivity index (χ3v) is 15.5. The van der Waals surface area contributed by atoms with Gasteiger partial charge < -0.3 is 74.0 Å². The van der Waals surface area contributed by atoms with Crippen molar-refractivity contribution in [2.75, 3.05) is 0 Å². The van der Waals surface area contributed by atoms with Crippen molar-refractivity contribution >= 4 is 70.4 Å². The second-order valence-corrected chi connectivity index (χ2v) is 21.1. The molecule has 1 aliphatic carbocycles. The average Bonchev–Trinajstić information content (AvgIpc) is 2.69. The molecule has 0 radical (unpaired) electrons. The first kappa shape index (κ1) is 47.1. The molecule has 0 aromatic carbocycles. The molecule has 15 N–H and O–H groups in total. The number of phosphoric acid groups is 9. The predicted molar refractivity (Wildman–Crippen MR) is 134 cm³/mol. The van der Waals surface area contributed by atoms with Crippen LogP contribution in [-0.4, -0.2) is 111 Å². The van der Waals surface area contributed by atoms with E-state index in [2.05, 4.69) is 39.4 Å². The van der Waals surface area contributed by atoms with Crippen molar-refractivity contribution < 1.29 is 155 Å². The molecule has 0 heterocycles. The van der Waals surface area contributed by atoms with Crippen molar-refractivity contribution in [1.29, 1.82) is 0 Å². The van der Waals surface area contributed by atoms with Crippen LogP contribution in [0, 0.1) is 0 Å². The van der Waals surface area contributed by atoms with Crippen molar-refractivity contribution in [1.82, 2.24) is 0 Å². The largest absolute Gasteiger partial charge is 0.490 e. The Kier molecular flexibility index (Phi) is 15.5. The number of hydrogen-bond acceptors (Lipinski definition) is 21. The Balaban J connectivity index is 3.61. The summed E-state index contributed by atoms with van der Waals surface area (Å²) >= 11 is 0. The zero-order valence-electron chi connectivity index (χ0n) is 21.5. The maximum Gasteiger partial charge on any atom is 0.490 e. The molecular weight excluding hydrogens is 879 g/mol. The minimum atomic E-state index is -6.63. The highest BCUT2D eigenvalue weighted by Crippen LogP contribution is 2.70. The highest BCUT2D eigenvalue weighted by molar-refractivity contribution is 7.67. The molecule has 12 atom stereocenters. The highest BCUT2D eigenvalue weighted by atomic mass is 31.3. The van der Waals surface area contributed by atoms with Gasteiger partial charge in [-0.2, -0.15) is 25.9 Å². The van der Waals surface area contributed by atoms with E-state index in [1.165, 1.54) is 0 Å². The number of hydrogen-bond donors (Lipinski definition) is 15. The molecule has 0 aliphatic heterocycles. The summed E-state index contributed by atoms with van der Waals surface area (Å²) in [6.45, 7) is 0. The van der Waals surface area contributed by atoms with Gasteiger partial charge in [-0.05, 0) is 0 Å². The van der Waals surface area contributed by atoms with Crippen molar-refractivity contribution in [3.8, 4) is 0 Å². The van der Waals surface area contributed by atoms with Gasteiger partial charge in [0.25, 0.3) is 0 Å². The van der Waals surface area contributed by atoms with Crippen molar-refractivity contribution in [3.05, 3.63) is 0 Å². The molecule has 1 aliphatic rings. The number of phosphoric ester groups is 3. The van der Waals surface area contributed by atoms with E-state index in [1.807, 2.05) is 0 Å². The second-order valence-electron chi connectivity index (χ2n) is 7.95. The molecule has 0 saturated heterocycles. The van der Waals surface area contributed by atoms with Crippen LogP contribution < -0.4 is 0 Å². The average molecular weight is 900 g/mol. The molecule has 1 saturated carbocycles. The van der Waals surface area contributed by atoms with Crippen molar-refractivity contribution in [2.24, 2.45) is 0 Å². The first-order valence-electron chi connectivity index (χ1n) is 10.3. The quantitative estimate of drug-likeness (QED) is 0.0619. The summed E-state index contributed by atoms with van der Waals surface area (Å²) in [6.07, 6.45) is -19.6. The molecular formula is C6H21O33P9. The molecule has 1 rings (SSSR count). The maximum atomic E-state index is 12.4. The van der Waals surface area contributed by atoms with Crippen molar-refractivity contribution in [2.45, 2.75) is 36.6 Å². The monoisotopic (exact) mass is 900 g/mol. The molecule has 0 aromatic rings. The number of rotatable bonds is 18. The van der Waals surface area contributed by atoms with Crippen LogP contribution >= 0.6 is 70.4 Å². The lowest BCUT2D eigenvalue weighted by molar-refractivity contribution is -0.212. The summed E-state index contributed by atoms with van der Waals surface area (Å²) in [5, 5.41) is 31.3. The third kappa shape index (κ3) is 17.3. The van der Waals surface area contributed by atoms with Gasteiger partial charge in [-0.15, -0.1) is 0 Å². The Morgan fingerprint density at radius 2 is 0.500 bits per heavy atom. The van der Waals surface area contributed by atoms with Gasteiger partial charge in [0.05, 0.1) is 0 Å². The van der Waals surface area contributed by atoms with Gasteiger partial charge in [0, 0.05) is 0 Å². The first-order chi connectivity index (χ1) is 20.8. The van der Waals surface area contributed by atoms with Crippen LogP contribution in [0.4, 0.5) is 0 Å². The van der Waals surface area contributed by atoms with E-state index in [9.17, 15) is 85.8 Å². The highest BCUT2D eigenvalue weighted by Gasteiger charge is 2.59. The van der Waals surface area contributed by atoms with Gasteiger partial charge in [-0.3, -0.25) is 13.6 Å². The fraction of sp³-hybridized carbons (Fsp3) is 1.00. The van der Waals surface area contributed by atoms with Crippen LogP contribution in [0.15, 0.2) is 0 Å². The lowest BCUT2D eigenvalue weighted by Crippen LogP contribution is -2.65. The Morgan fingerprint density at radius 3 is 0.750 bits per heavy atom. The lowest BCUT2D eigenvalue weighted by Gasteiger charge is -2.45. The molecule has 0 amide bonds. The van der Waals surface area contributed by atoms with Crippen LogP contribution in [0.1, 0.15) is 0 Å². The van der Waals surface area contributed by atoms with Gasteiger partial charge in [0.1, 0.15) is 36.6 Å². The van der Waals surface area contributed by atoms with E-state index < -0.39 is 107 Å². The molecule has 288 valence electrons. The van der Waals surface area contributed by atoms with E-state index >= 15 is 0 Å². The molecule has 0 bridgehead atoms. The Bertz CT molecular complexity index is 1590. The SMILES string of the molecule is O=P(O)(O)OP(=O)(O)OP(=O)(O)O[C@@H]1[C@@H](O)[C@H](OP(=O)(O)OP(=O)(O)OP(=O)(O)O)[C@@H](OP(=O)(O)OP(=O)(O)OP(=O)(O)O)[C@H](O)[C@@H]1O. The van der Waals surface area contributed by atoms with Gasteiger partial charge in [-0.25, -0.2) is 41.1 Å². The fourth-order valence-corrected chi connectivity index (χ4v) is 12.5. The van der Waals surface area contributed by atoms with Crippen LogP contribution in [-0.2, 0) is 80.5 Å². The Labute approximate surface area is 261 Å². The maximum absolute atomic E-state index is 12.4. The van der Waals surface area contributed by atoms with Crippen LogP contribution in [0.2, 0.25) is 0 Å². The Morgan fingerprint density at radius 1 is 0.292 bits per heavy atom. The van der Waals surface area contributed by atoms with Gasteiger partial charge in [-0.1, -0.05) is 0 Å². The summed E-state index contributed by atoms with van der Waals surface area (Å²) in [4.78, 5) is 109. The van der Waals surface area contributed by atoms with E-state index in [0.717, 1.165) is 0 Å². The fourth-order valence-electron chi connectivity index (χ4n) is 2.89. The van der Waals surface area contributed by atoms with Gasteiger partial charge in [0.15, 0.2) is 0 Å². The Hall–Kier alpha value is 1.11. The van der Waals surface area contributed by atoms with Crippen LogP contribution in [0.25, 0.3) is 0 Å². The first-order valence-corrected chi connectivity index (χ1v) is 23.8. The topological polar surface area (TPSA) is 540 Å². The smallest absolute Gasteiger partial charge is 0.387 e. The molecule has 1 fully saturated rings. The minimum Gasteiger partial charge on any atom is -0.387 e. The second kappa shape index (κ2) is 15.8. The van der Waals surface area contributed by atoms with Gasteiger partial charge in [0.2, 0.25) is 0 Å². The van der Waals surface area contributed by atoms with E-state index in [4.69, 9.17) is 29.4 Å². The molecule has 0 spiro atoms. The minimum absolute atomic E-state index is 3.15. The summed E-state index contributed by atoms with van der Waals surface area (Å²) in [5.41, 5.74) is 0. The molecule has 0 aromatic heterocycles. The standard InChI is InChI=1S/C6H21O33P9/c7-1-2(8)5(32-44(21,22)38-47(27,28)35-41(13,14)15)6(33-45(23,24)39-48(29,30)36-42(16,17)18)3(9)4(1)31-43(19,20)37-46(25,26)34-40(10,11)12/h1-9H,(H,19,20)(H,21,22)(H,23,24)(H,25,26)(H,27,28)(H,29,30)(H2,10,11,12)(H2,13,14,15)(H2,16,17,18)/t1-,2+,3+,4-,5-,6-/m0/s1. The summed E-state index contributed by atoms with van der Waals surface area (Å²) < 4.78 is 136. The number of aliphatic hydroxyl groups is 3. The summed E-state index contributed by atoms with van der Waals surface area (Å²) in [5.74, 6) is 0. The van der Waals surface area contributed by atoms with Gasteiger partial charge >= 0.3 is 70.4 Å². The molecule has 33 nitrogen and oxygen atoms in total. The number of aliphatic hydroxyl groups excluding tert-OH is 3. The van der Waals surface area contributed by atoms with E-state index in [0.29, 0.717) is 0 Å². The predicted octanol–water partition coefficient (Wildman–Crippen LogP) is -2.78. The molecule has 48 heavy (non-hydrogen) atoms. The zero-order valence-corrected chi connectivity index (χ0v) is 29.6. The summed E-state index contributed by atoms with van der Waals surface area (Å²) in [7, 11) is -56.9. The zero-order chi connectivity index (χ0) is 38.3. The van der Waals surface area contributed by atoms with E-state index in [-0.39, 0.29) is 0 Å². The van der Waals surface area contributed by atoms with E-state index in [1.54, 1.807) is 0 Å². The normalized spacial score (nSPS) is 32.1. The van der Waals surface area contributed by atoms with Crippen molar-refractivity contribution in [3.63, 3.8) is 0 Å².